The Morgan fingerprint density at radius 3 is 2.46 bits per heavy atom. The highest BCUT2D eigenvalue weighted by Crippen LogP contribution is 2.32. The monoisotopic (exact) mass is 475 g/mol. The summed E-state index contributed by atoms with van der Waals surface area (Å²) in [5.74, 6) is -0.706. The molecule has 0 spiro atoms. The summed E-state index contributed by atoms with van der Waals surface area (Å²) in [5.41, 5.74) is 4.51. The van der Waals surface area contributed by atoms with Crippen molar-refractivity contribution in [3.05, 3.63) is 89.8 Å². The summed E-state index contributed by atoms with van der Waals surface area (Å²) >= 11 is 0. The molecule has 4 aromatic rings. The molecule has 0 N–H and O–H groups in total. The van der Waals surface area contributed by atoms with Gasteiger partial charge in [-0.15, -0.1) is 0 Å². The van der Waals surface area contributed by atoms with Gasteiger partial charge in [-0.1, -0.05) is 6.08 Å². The van der Waals surface area contributed by atoms with Crippen LogP contribution in [-0.4, -0.2) is 47.5 Å². The third-order valence-corrected chi connectivity index (χ3v) is 6.16. The summed E-state index contributed by atoms with van der Waals surface area (Å²) in [6, 6.07) is 12.6. The second-order valence-corrected chi connectivity index (χ2v) is 8.23. The minimum atomic E-state index is -0.847. The number of carbonyl (C=O) groups excluding carboxylic acids is 1. The lowest BCUT2D eigenvalue weighted by molar-refractivity contribution is 0.0768. The van der Waals surface area contributed by atoms with Gasteiger partial charge < -0.3 is 18.8 Å². The zero-order chi connectivity index (χ0) is 24.5. The van der Waals surface area contributed by atoms with Gasteiger partial charge in [0.1, 0.15) is 17.3 Å². The molecule has 1 aliphatic heterocycles. The van der Waals surface area contributed by atoms with Crippen LogP contribution in [-0.2, 0) is 0 Å². The van der Waals surface area contributed by atoms with Crippen LogP contribution in [0.2, 0.25) is 0 Å². The number of hydrogen-bond acceptors (Lipinski definition) is 4. The number of hydrogen-bond donors (Lipinski definition) is 0. The number of amides is 1. The first-order chi connectivity index (χ1) is 17.0. The molecule has 178 valence electrons. The van der Waals surface area contributed by atoms with Crippen LogP contribution in [0, 0.1) is 11.6 Å². The third kappa shape index (κ3) is 4.35. The van der Waals surface area contributed by atoms with E-state index in [1.54, 1.807) is 19.1 Å². The van der Waals surface area contributed by atoms with Crippen LogP contribution in [0.5, 0.6) is 11.5 Å². The van der Waals surface area contributed by atoms with Crippen LogP contribution in [0.1, 0.15) is 22.3 Å². The number of ether oxygens (including phenoxy) is 2. The third-order valence-electron chi connectivity index (χ3n) is 6.16. The normalized spacial score (nSPS) is 13.6. The number of imidazole rings is 1. The van der Waals surface area contributed by atoms with Gasteiger partial charge in [0, 0.05) is 37.1 Å². The molecule has 2 aromatic carbocycles. The number of aromatic nitrogens is 2. The van der Waals surface area contributed by atoms with E-state index in [0.29, 0.717) is 31.0 Å². The number of nitrogens with zero attached hydrogens (tertiary/aromatic N) is 3. The fraction of sp³-hybridized carbons (Fsp3) is 0.185. The Morgan fingerprint density at radius 1 is 0.943 bits per heavy atom. The van der Waals surface area contributed by atoms with Gasteiger partial charge in [-0.3, -0.25) is 4.79 Å². The predicted octanol–water partition coefficient (Wildman–Crippen LogP) is 5.23. The van der Waals surface area contributed by atoms with Crippen molar-refractivity contribution >= 4 is 17.1 Å². The maximum atomic E-state index is 14.0. The molecule has 6 nitrogen and oxygen atoms in total. The summed E-state index contributed by atoms with van der Waals surface area (Å²) in [6.07, 6.45) is 6.56. The molecule has 35 heavy (non-hydrogen) atoms. The molecule has 0 saturated carbocycles. The standard InChI is InChI=1S/C27H23F2N3O3/c1-34-24-7-3-18(13-25(24)35-2)23-16-32-15-19(4-8-26(32)30-23)17-9-11-31(12-10-17)27(33)21-6-5-20(28)14-22(21)29/h3-9,13-16H,10-12H2,1-2H3. The number of pyridine rings is 1. The molecule has 0 bridgehead atoms. The first kappa shape index (κ1) is 22.6. The van der Waals surface area contributed by atoms with Crippen molar-refractivity contribution in [1.82, 2.24) is 14.3 Å². The SMILES string of the molecule is COc1ccc(-c2cn3cc(C4=CCN(C(=O)c5ccc(F)cc5F)CC4)ccc3n2)cc1OC. The Morgan fingerprint density at radius 2 is 1.74 bits per heavy atom. The van der Waals surface area contributed by atoms with E-state index in [1.807, 2.05) is 53.2 Å². The van der Waals surface area contributed by atoms with E-state index in [9.17, 15) is 13.6 Å². The average Bonchev–Trinajstić information content (AvgIpc) is 3.31. The fourth-order valence-corrected chi connectivity index (χ4v) is 4.27. The van der Waals surface area contributed by atoms with Gasteiger partial charge in [-0.2, -0.15) is 0 Å². The minimum absolute atomic E-state index is 0.120. The predicted molar refractivity (Wildman–Crippen MR) is 129 cm³/mol. The second-order valence-electron chi connectivity index (χ2n) is 8.23. The highest BCUT2D eigenvalue weighted by molar-refractivity contribution is 5.95. The summed E-state index contributed by atoms with van der Waals surface area (Å²) in [5, 5.41) is 0. The minimum Gasteiger partial charge on any atom is -0.493 e. The van der Waals surface area contributed by atoms with Gasteiger partial charge in [-0.25, -0.2) is 13.8 Å². The van der Waals surface area contributed by atoms with Crippen molar-refractivity contribution < 1.29 is 23.0 Å². The molecule has 0 saturated heterocycles. The number of carbonyl (C=O) groups is 1. The van der Waals surface area contributed by atoms with Crippen LogP contribution in [0.15, 0.2) is 67.0 Å². The Kier molecular flexibility index (Phi) is 5.94. The van der Waals surface area contributed by atoms with Gasteiger partial charge in [-0.05, 0) is 60.0 Å². The van der Waals surface area contributed by atoms with Crippen LogP contribution in [0.4, 0.5) is 8.78 Å². The van der Waals surface area contributed by atoms with Crippen molar-refractivity contribution in [1.29, 1.82) is 0 Å². The van der Waals surface area contributed by atoms with Crippen LogP contribution in [0.3, 0.4) is 0 Å². The fourth-order valence-electron chi connectivity index (χ4n) is 4.27. The zero-order valence-electron chi connectivity index (χ0n) is 19.3. The van der Waals surface area contributed by atoms with E-state index >= 15 is 0 Å². The maximum absolute atomic E-state index is 14.0. The lowest BCUT2D eigenvalue weighted by Gasteiger charge is -2.27. The topological polar surface area (TPSA) is 56.1 Å². The molecule has 5 rings (SSSR count). The first-order valence-corrected chi connectivity index (χ1v) is 11.1. The van der Waals surface area contributed by atoms with Crippen molar-refractivity contribution in [2.75, 3.05) is 27.3 Å². The summed E-state index contributed by atoms with van der Waals surface area (Å²) in [6.45, 7) is 0.796. The number of halogens is 2. The highest BCUT2D eigenvalue weighted by Gasteiger charge is 2.22. The molecule has 0 radical (unpaired) electrons. The molecule has 0 aliphatic carbocycles. The van der Waals surface area contributed by atoms with Crippen molar-refractivity contribution in [3.8, 4) is 22.8 Å². The molecule has 1 aliphatic rings. The van der Waals surface area contributed by atoms with E-state index in [1.165, 1.54) is 6.07 Å². The summed E-state index contributed by atoms with van der Waals surface area (Å²) < 4.78 is 39.9. The van der Waals surface area contributed by atoms with E-state index in [0.717, 1.165) is 40.2 Å². The second kappa shape index (κ2) is 9.21. The van der Waals surface area contributed by atoms with Crippen molar-refractivity contribution in [3.63, 3.8) is 0 Å². The van der Waals surface area contributed by atoms with E-state index < -0.39 is 17.5 Å². The Labute approximate surface area is 201 Å². The molecular formula is C27H23F2N3O3. The van der Waals surface area contributed by atoms with Crippen molar-refractivity contribution in [2.45, 2.75) is 6.42 Å². The molecule has 2 aromatic heterocycles. The Balaban J connectivity index is 1.36. The lowest BCUT2D eigenvalue weighted by Crippen LogP contribution is -2.35. The van der Waals surface area contributed by atoms with Crippen molar-refractivity contribution in [2.24, 2.45) is 0 Å². The van der Waals surface area contributed by atoms with Gasteiger partial charge in [0.05, 0.1) is 25.5 Å². The number of methoxy groups -OCH3 is 2. The Bertz CT molecular complexity index is 1460. The first-order valence-electron chi connectivity index (χ1n) is 11.1. The van der Waals surface area contributed by atoms with Crippen LogP contribution < -0.4 is 9.47 Å². The van der Waals surface area contributed by atoms with Crippen LogP contribution in [0.25, 0.3) is 22.5 Å². The number of fused-ring (bicyclic) bond motifs is 1. The number of benzene rings is 2. The smallest absolute Gasteiger partial charge is 0.257 e. The largest absolute Gasteiger partial charge is 0.493 e. The molecule has 3 heterocycles. The van der Waals surface area contributed by atoms with E-state index in [4.69, 9.17) is 14.5 Å². The molecule has 1 amide bonds. The highest BCUT2D eigenvalue weighted by atomic mass is 19.1. The lowest BCUT2D eigenvalue weighted by atomic mass is 10.0. The van der Waals surface area contributed by atoms with E-state index in [2.05, 4.69) is 0 Å². The molecule has 0 atom stereocenters. The number of rotatable bonds is 5. The van der Waals surface area contributed by atoms with Gasteiger partial charge >= 0.3 is 0 Å². The maximum Gasteiger partial charge on any atom is 0.257 e. The van der Waals surface area contributed by atoms with Crippen LogP contribution >= 0.6 is 0 Å². The van der Waals surface area contributed by atoms with Gasteiger partial charge in [0.15, 0.2) is 11.5 Å². The molecular weight excluding hydrogens is 452 g/mol. The zero-order valence-corrected chi connectivity index (χ0v) is 19.3. The molecule has 0 fully saturated rings. The van der Waals surface area contributed by atoms with Gasteiger partial charge in [0.25, 0.3) is 5.91 Å². The quantitative estimate of drug-likeness (QED) is 0.397. The average molecular weight is 475 g/mol. The summed E-state index contributed by atoms with van der Waals surface area (Å²) in [7, 11) is 3.19. The molecule has 8 heteroatoms. The molecule has 0 unspecified atom stereocenters. The van der Waals surface area contributed by atoms with E-state index in [-0.39, 0.29) is 5.56 Å². The van der Waals surface area contributed by atoms with Gasteiger partial charge in [0.2, 0.25) is 0 Å². The Hall–Kier alpha value is -4.20. The summed E-state index contributed by atoms with van der Waals surface area (Å²) in [4.78, 5) is 19.0.